The van der Waals surface area contributed by atoms with Gasteiger partial charge in [-0.25, -0.2) is 0 Å². The van der Waals surface area contributed by atoms with E-state index in [1.165, 1.54) is 54.4 Å². The van der Waals surface area contributed by atoms with Gasteiger partial charge in [0.15, 0.2) is 0 Å². The van der Waals surface area contributed by atoms with Crippen LogP contribution >= 0.6 is 0 Å². The summed E-state index contributed by atoms with van der Waals surface area (Å²) in [5.41, 5.74) is 5.41. The highest BCUT2D eigenvalue weighted by Gasteiger charge is 2.13. The molecule has 0 unspecified atom stereocenters. The van der Waals surface area contributed by atoms with E-state index in [4.69, 9.17) is 0 Å². The van der Waals surface area contributed by atoms with E-state index in [-0.39, 0.29) is 0 Å². The van der Waals surface area contributed by atoms with Gasteiger partial charge < -0.3 is 5.11 Å². The van der Waals surface area contributed by atoms with Crippen molar-refractivity contribution in [3.63, 3.8) is 0 Å². The summed E-state index contributed by atoms with van der Waals surface area (Å²) in [7, 11) is 0. The topological polar surface area (TPSA) is 20.2 Å². The van der Waals surface area contributed by atoms with Gasteiger partial charge in [0.25, 0.3) is 0 Å². The summed E-state index contributed by atoms with van der Waals surface area (Å²) in [5.74, 6) is 0.519. The average Bonchev–Trinajstić information content (AvgIpc) is 2.40. The first-order chi connectivity index (χ1) is 9.15. The van der Waals surface area contributed by atoms with Gasteiger partial charge >= 0.3 is 0 Å². The van der Waals surface area contributed by atoms with Gasteiger partial charge in [-0.15, -0.1) is 0 Å². The van der Waals surface area contributed by atoms with Crippen molar-refractivity contribution in [2.45, 2.75) is 79.1 Å². The lowest BCUT2D eigenvalue weighted by Crippen LogP contribution is -2.03. The number of hydrogen-bond acceptors (Lipinski definition) is 1. The van der Waals surface area contributed by atoms with Crippen molar-refractivity contribution < 1.29 is 5.11 Å². The van der Waals surface area contributed by atoms with Crippen LogP contribution in [-0.2, 0) is 19.3 Å². The number of benzene rings is 1. The van der Waals surface area contributed by atoms with Gasteiger partial charge in [0.1, 0.15) is 5.75 Å². The highest BCUT2D eigenvalue weighted by molar-refractivity contribution is 5.49. The molecule has 19 heavy (non-hydrogen) atoms. The number of hydrogen-bond donors (Lipinski definition) is 1. The van der Waals surface area contributed by atoms with Crippen molar-refractivity contribution in [3.05, 3.63) is 28.3 Å². The van der Waals surface area contributed by atoms with E-state index in [1.54, 1.807) is 0 Å². The summed E-state index contributed by atoms with van der Waals surface area (Å²) in [6, 6.07) is 2.04. The molecule has 1 heteroatoms. The fourth-order valence-electron chi connectivity index (χ4n) is 2.81. The second kappa shape index (κ2) is 8.24. The van der Waals surface area contributed by atoms with Gasteiger partial charge in [0.05, 0.1) is 0 Å². The largest absolute Gasteiger partial charge is 0.508 e. The van der Waals surface area contributed by atoms with Gasteiger partial charge in [-0.2, -0.15) is 0 Å². The van der Waals surface area contributed by atoms with E-state index in [9.17, 15) is 5.11 Å². The van der Waals surface area contributed by atoms with Crippen LogP contribution in [0.25, 0.3) is 0 Å². The van der Waals surface area contributed by atoms with Gasteiger partial charge in [0.2, 0.25) is 0 Å². The molecule has 0 aliphatic carbocycles. The van der Waals surface area contributed by atoms with E-state index in [0.717, 1.165) is 19.3 Å². The number of phenolic OH excluding ortho intramolecular Hbond substituents is 1. The molecular formula is C18H30O. The van der Waals surface area contributed by atoms with Gasteiger partial charge in [0, 0.05) is 0 Å². The Hall–Kier alpha value is -0.980. The maximum absolute atomic E-state index is 10.3. The second-order valence-corrected chi connectivity index (χ2v) is 5.59. The molecule has 0 aliphatic heterocycles. The minimum Gasteiger partial charge on any atom is -0.508 e. The Morgan fingerprint density at radius 1 is 0.842 bits per heavy atom. The van der Waals surface area contributed by atoms with Crippen molar-refractivity contribution in [1.82, 2.24) is 0 Å². The average molecular weight is 262 g/mol. The highest BCUT2D eigenvalue weighted by Crippen LogP contribution is 2.31. The lowest BCUT2D eigenvalue weighted by Gasteiger charge is -2.18. The normalized spacial score (nSPS) is 10.9. The minimum atomic E-state index is 0.519. The molecule has 1 rings (SSSR count). The lowest BCUT2D eigenvalue weighted by molar-refractivity contribution is 0.465. The predicted molar refractivity (Wildman–Crippen MR) is 84.1 cm³/mol. The zero-order valence-electron chi connectivity index (χ0n) is 13.2. The first-order valence-corrected chi connectivity index (χ1v) is 7.98. The van der Waals surface area contributed by atoms with Crippen molar-refractivity contribution in [2.75, 3.05) is 0 Å². The van der Waals surface area contributed by atoms with E-state index >= 15 is 0 Å². The molecule has 0 bridgehead atoms. The van der Waals surface area contributed by atoms with Gasteiger partial charge in [-0.05, 0) is 67.3 Å². The summed E-state index contributed by atoms with van der Waals surface area (Å²) >= 11 is 0. The molecule has 1 N–H and O–H groups in total. The standard InChI is InChI=1S/C18H30O/c1-5-8-11-15-13-18(19)17(10-7-3)14(4)16(15)12-9-6-2/h13,19H,5-12H2,1-4H3. The number of rotatable bonds is 8. The second-order valence-electron chi connectivity index (χ2n) is 5.59. The molecule has 0 saturated carbocycles. The van der Waals surface area contributed by atoms with Crippen LogP contribution in [0.1, 0.15) is 75.1 Å². The monoisotopic (exact) mass is 262 g/mol. The maximum atomic E-state index is 10.3. The fraction of sp³-hybridized carbons (Fsp3) is 0.667. The minimum absolute atomic E-state index is 0.519. The number of phenols is 1. The van der Waals surface area contributed by atoms with Crippen molar-refractivity contribution in [3.8, 4) is 5.75 Å². The van der Waals surface area contributed by atoms with E-state index in [2.05, 4.69) is 27.7 Å². The van der Waals surface area contributed by atoms with Gasteiger partial charge in [-0.3, -0.25) is 0 Å². The van der Waals surface area contributed by atoms with Crippen molar-refractivity contribution in [2.24, 2.45) is 0 Å². The molecule has 0 atom stereocenters. The Morgan fingerprint density at radius 3 is 2.05 bits per heavy atom. The molecule has 0 aromatic heterocycles. The van der Waals surface area contributed by atoms with Crippen LogP contribution in [0, 0.1) is 6.92 Å². The molecule has 0 radical (unpaired) electrons. The summed E-state index contributed by atoms with van der Waals surface area (Å²) in [6.07, 6.45) is 9.26. The Labute approximate surface area is 119 Å². The van der Waals surface area contributed by atoms with Crippen LogP contribution in [0.3, 0.4) is 0 Å². The zero-order valence-corrected chi connectivity index (χ0v) is 13.2. The van der Waals surface area contributed by atoms with Crippen LogP contribution in [0.4, 0.5) is 0 Å². The molecule has 1 nitrogen and oxygen atoms in total. The molecule has 0 saturated heterocycles. The molecule has 0 amide bonds. The Bertz CT molecular complexity index is 393. The molecule has 1 aromatic rings. The zero-order chi connectivity index (χ0) is 14.3. The first-order valence-electron chi connectivity index (χ1n) is 7.98. The molecule has 108 valence electrons. The maximum Gasteiger partial charge on any atom is 0.119 e. The third-order valence-electron chi connectivity index (χ3n) is 3.99. The van der Waals surface area contributed by atoms with Crippen LogP contribution in [0.5, 0.6) is 5.75 Å². The summed E-state index contributed by atoms with van der Waals surface area (Å²) in [4.78, 5) is 0. The highest BCUT2D eigenvalue weighted by atomic mass is 16.3. The van der Waals surface area contributed by atoms with Crippen LogP contribution in [0.2, 0.25) is 0 Å². The fourth-order valence-corrected chi connectivity index (χ4v) is 2.81. The van der Waals surface area contributed by atoms with E-state index in [0.29, 0.717) is 5.75 Å². The molecule has 0 heterocycles. The Balaban J connectivity index is 3.13. The SMILES string of the molecule is CCCCc1cc(O)c(CCC)c(C)c1CCCC. The molecule has 0 fully saturated rings. The molecular weight excluding hydrogens is 232 g/mol. The van der Waals surface area contributed by atoms with E-state index < -0.39 is 0 Å². The Morgan fingerprint density at radius 2 is 1.47 bits per heavy atom. The van der Waals surface area contributed by atoms with Crippen LogP contribution < -0.4 is 0 Å². The number of unbranched alkanes of at least 4 members (excludes halogenated alkanes) is 2. The van der Waals surface area contributed by atoms with E-state index in [1.807, 2.05) is 6.07 Å². The van der Waals surface area contributed by atoms with Crippen LogP contribution in [0.15, 0.2) is 6.07 Å². The lowest BCUT2D eigenvalue weighted by atomic mass is 9.89. The van der Waals surface area contributed by atoms with Crippen LogP contribution in [-0.4, -0.2) is 5.11 Å². The smallest absolute Gasteiger partial charge is 0.119 e. The van der Waals surface area contributed by atoms with Crippen molar-refractivity contribution >= 4 is 0 Å². The van der Waals surface area contributed by atoms with Gasteiger partial charge in [-0.1, -0.05) is 40.0 Å². The number of aryl methyl sites for hydroxylation is 1. The summed E-state index contributed by atoms with van der Waals surface area (Å²) in [5, 5.41) is 10.3. The molecule has 0 aliphatic rings. The quantitative estimate of drug-likeness (QED) is 0.670. The van der Waals surface area contributed by atoms with Crippen molar-refractivity contribution in [1.29, 1.82) is 0 Å². The molecule has 1 aromatic carbocycles. The predicted octanol–water partition coefficient (Wildman–Crippen LogP) is 5.34. The molecule has 0 spiro atoms. The third-order valence-corrected chi connectivity index (χ3v) is 3.99. The summed E-state index contributed by atoms with van der Waals surface area (Å²) in [6.45, 7) is 8.85. The Kier molecular flexibility index (Phi) is 6.97. The number of aromatic hydroxyl groups is 1. The third kappa shape index (κ3) is 4.26. The first kappa shape index (κ1) is 16.1. The summed E-state index contributed by atoms with van der Waals surface area (Å²) < 4.78 is 0.